The molecule has 0 bridgehead atoms. The molecule has 2 unspecified atom stereocenters. The van der Waals surface area contributed by atoms with Gasteiger partial charge >= 0.3 is 6.18 Å². The van der Waals surface area contributed by atoms with Crippen LogP contribution in [-0.4, -0.2) is 25.0 Å². The fraction of sp³-hybridized carbons (Fsp3) is 0.481. The average molecular weight is 823 g/mol. The third-order valence-corrected chi connectivity index (χ3v) is 16.1. The molecule has 3 heterocycles. The van der Waals surface area contributed by atoms with Gasteiger partial charge in [0, 0.05) is 34.5 Å². The second-order valence-electron chi connectivity index (χ2n) is 23.0. The molecule has 6 aliphatic rings. The van der Waals surface area contributed by atoms with Gasteiger partial charge in [-0.3, -0.25) is 0 Å². The predicted molar refractivity (Wildman–Crippen MR) is 248 cm³/mol. The van der Waals surface area contributed by atoms with Gasteiger partial charge in [0.1, 0.15) is 5.58 Å². The number of halogens is 3. The maximum absolute atomic E-state index is 15.7. The summed E-state index contributed by atoms with van der Waals surface area (Å²) >= 11 is 0. The molecular weight excluding hydrogens is 760 g/mol. The van der Waals surface area contributed by atoms with Crippen molar-refractivity contribution in [3.8, 4) is 0 Å². The highest BCUT2D eigenvalue weighted by molar-refractivity contribution is 6.93. The van der Waals surface area contributed by atoms with Crippen molar-refractivity contribution in [1.82, 2.24) is 0 Å². The summed E-state index contributed by atoms with van der Waals surface area (Å²) in [5.74, 6) is 0. The second-order valence-corrected chi connectivity index (χ2v) is 23.0. The van der Waals surface area contributed by atoms with Gasteiger partial charge in [-0.1, -0.05) is 124 Å². The van der Waals surface area contributed by atoms with E-state index in [4.69, 9.17) is 4.42 Å². The van der Waals surface area contributed by atoms with Crippen molar-refractivity contribution in [2.45, 2.75) is 156 Å². The van der Waals surface area contributed by atoms with E-state index in [0.717, 1.165) is 82.3 Å². The van der Waals surface area contributed by atoms with E-state index in [1.807, 2.05) is 18.2 Å². The lowest BCUT2D eigenvalue weighted by atomic mass is 9.32. The van der Waals surface area contributed by atoms with E-state index in [0.29, 0.717) is 5.70 Å². The third-order valence-electron chi connectivity index (χ3n) is 16.1. The predicted octanol–water partition coefficient (Wildman–Crippen LogP) is 13.5. The van der Waals surface area contributed by atoms with Crippen LogP contribution in [0.1, 0.15) is 137 Å². The fourth-order valence-electron chi connectivity index (χ4n) is 12.2. The number of allylic oxidation sites excluding steroid dienone is 3. The number of benzene rings is 3. The zero-order valence-corrected chi connectivity index (χ0v) is 38.3. The Labute approximate surface area is 361 Å². The molecule has 4 aromatic rings. The Morgan fingerprint density at radius 3 is 2.07 bits per heavy atom. The number of alkyl halides is 3. The first-order valence-electron chi connectivity index (χ1n) is 22.7. The lowest BCUT2D eigenvalue weighted by Crippen LogP contribution is -2.63. The van der Waals surface area contributed by atoms with Crippen LogP contribution in [-0.2, 0) is 16.2 Å². The maximum atomic E-state index is 15.7. The molecule has 0 amide bonds. The van der Waals surface area contributed by atoms with E-state index in [-0.39, 0.29) is 46.3 Å². The number of para-hydroxylation sites is 1. The van der Waals surface area contributed by atoms with Crippen LogP contribution in [0.5, 0.6) is 0 Å². The normalized spacial score (nSPS) is 24.6. The number of aryl methyl sites for hydroxylation is 1. The molecule has 10 rings (SSSR count). The first-order valence-corrected chi connectivity index (χ1v) is 22.7. The van der Waals surface area contributed by atoms with Crippen molar-refractivity contribution in [2.24, 2.45) is 10.8 Å². The molecule has 2 aliphatic heterocycles. The number of fused-ring (bicyclic) bond motifs is 7. The Balaban J connectivity index is 1.31. The van der Waals surface area contributed by atoms with Gasteiger partial charge in [-0.25, -0.2) is 0 Å². The molecule has 0 saturated heterocycles. The largest absolute Gasteiger partial charge is 0.468 e. The minimum absolute atomic E-state index is 0.0156. The molecular formula is C54H62BF3N2O. The van der Waals surface area contributed by atoms with Gasteiger partial charge in [0.15, 0.2) is 0 Å². The van der Waals surface area contributed by atoms with Crippen LogP contribution in [0.25, 0.3) is 11.0 Å². The van der Waals surface area contributed by atoms with Crippen LogP contribution >= 0.6 is 0 Å². The van der Waals surface area contributed by atoms with Crippen LogP contribution in [0.15, 0.2) is 105 Å². The molecule has 7 heteroatoms. The molecule has 0 spiro atoms. The first kappa shape index (κ1) is 40.7. The molecule has 0 radical (unpaired) electrons. The molecule has 0 saturated carbocycles. The van der Waals surface area contributed by atoms with Gasteiger partial charge in [-0.2, -0.15) is 13.2 Å². The number of furan rings is 1. The molecule has 3 nitrogen and oxygen atoms in total. The Morgan fingerprint density at radius 1 is 0.738 bits per heavy atom. The van der Waals surface area contributed by atoms with E-state index in [1.165, 1.54) is 33.9 Å². The summed E-state index contributed by atoms with van der Waals surface area (Å²) in [6, 6.07) is 18.8. The van der Waals surface area contributed by atoms with Crippen molar-refractivity contribution in [1.29, 1.82) is 0 Å². The minimum atomic E-state index is -4.51. The Morgan fingerprint density at radius 2 is 1.39 bits per heavy atom. The van der Waals surface area contributed by atoms with Crippen molar-refractivity contribution in [2.75, 3.05) is 9.80 Å². The Bertz CT molecular complexity index is 2670. The van der Waals surface area contributed by atoms with Crippen molar-refractivity contribution < 1.29 is 17.6 Å². The molecule has 61 heavy (non-hydrogen) atoms. The van der Waals surface area contributed by atoms with Gasteiger partial charge in [0.25, 0.3) is 6.71 Å². The Hall–Kier alpha value is -4.39. The third kappa shape index (κ3) is 6.05. The maximum Gasteiger partial charge on any atom is 0.412 e. The van der Waals surface area contributed by atoms with Gasteiger partial charge in [-0.05, 0) is 135 Å². The van der Waals surface area contributed by atoms with E-state index < -0.39 is 17.8 Å². The molecule has 1 aromatic heterocycles. The summed E-state index contributed by atoms with van der Waals surface area (Å²) in [7, 11) is 0. The zero-order valence-electron chi connectivity index (χ0n) is 38.3. The monoisotopic (exact) mass is 822 g/mol. The van der Waals surface area contributed by atoms with Crippen LogP contribution in [0, 0.1) is 17.8 Å². The highest BCUT2D eigenvalue weighted by Crippen LogP contribution is 2.56. The van der Waals surface area contributed by atoms with Crippen molar-refractivity contribution in [3.05, 3.63) is 123 Å². The summed E-state index contributed by atoms with van der Waals surface area (Å²) in [6.45, 7) is 27.2. The average Bonchev–Trinajstić information content (AvgIpc) is 3.56. The lowest BCUT2D eigenvalue weighted by Gasteiger charge is -2.53. The van der Waals surface area contributed by atoms with Crippen LogP contribution in [0.2, 0.25) is 0 Å². The summed E-state index contributed by atoms with van der Waals surface area (Å²) in [4.78, 5) is 4.60. The number of nitrogens with zero attached hydrogens (tertiary/aromatic N) is 2. The van der Waals surface area contributed by atoms with Crippen LogP contribution in [0.3, 0.4) is 0 Å². The number of hydrogen-bond acceptors (Lipinski definition) is 3. The van der Waals surface area contributed by atoms with Crippen LogP contribution in [0.4, 0.5) is 30.2 Å². The SMILES string of the molecule is Cc1cc(C(C)(C)C)ccc1N1c2c(oc3ccccc23)B2C3=C(C=C(C(F)(F)F)CC31)N(C1C=CC3=C(C1)C(C)(C)CCC3(C)C)c1cc3c(cc12)C(C)(C)CCC3(C)C. The molecule has 2 atom stereocenters. The smallest absolute Gasteiger partial charge is 0.412 e. The summed E-state index contributed by atoms with van der Waals surface area (Å²) in [6.07, 6.45) is 6.60. The highest BCUT2D eigenvalue weighted by Gasteiger charge is 2.55. The summed E-state index contributed by atoms with van der Waals surface area (Å²) in [5, 5.41) is 0.931. The van der Waals surface area contributed by atoms with Crippen molar-refractivity contribution >= 4 is 45.9 Å². The zero-order chi connectivity index (χ0) is 43.6. The quantitative estimate of drug-likeness (QED) is 0.188. The van der Waals surface area contributed by atoms with Gasteiger partial charge in [-0.15, -0.1) is 0 Å². The van der Waals surface area contributed by atoms with Gasteiger partial charge in [0.2, 0.25) is 0 Å². The topological polar surface area (TPSA) is 19.6 Å². The van der Waals surface area contributed by atoms with E-state index >= 15 is 13.2 Å². The minimum Gasteiger partial charge on any atom is -0.468 e. The van der Waals surface area contributed by atoms with E-state index in [1.54, 1.807) is 0 Å². The summed E-state index contributed by atoms with van der Waals surface area (Å²) < 4.78 is 54.3. The van der Waals surface area contributed by atoms with Crippen molar-refractivity contribution in [3.63, 3.8) is 0 Å². The fourth-order valence-corrected chi connectivity index (χ4v) is 12.2. The molecule has 0 N–H and O–H groups in total. The number of anilines is 3. The van der Waals surface area contributed by atoms with Gasteiger partial charge < -0.3 is 14.2 Å². The number of hydrogen-bond donors (Lipinski definition) is 0. The Kier molecular flexibility index (Phi) is 8.57. The van der Waals surface area contributed by atoms with Gasteiger partial charge in [0.05, 0.1) is 23.4 Å². The van der Waals surface area contributed by atoms with E-state index in [9.17, 15) is 0 Å². The van der Waals surface area contributed by atoms with E-state index in [2.05, 4.69) is 141 Å². The lowest BCUT2D eigenvalue weighted by molar-refractivity contribution is -0.0945. The highest BCUT2D eigenvalue weighted by atomic mass is 19.4. The second kappa shape index (κ2) is 12.9. The first-order chi connectivity index (χ1) is 28.4. The molecule has 318 valence electrons. The van der Waals surface area contributed by atoms with Crippen LogP contribution < -0.4 is 20.9 Å². The molecule has 0 fully saturated rings. The standard InChI is InChI=1S/C54H62BF3N2O/c1-31-25-32(49(2,3)4)17-20-41(31)60-44-27-33(54(56,57)58)26-43-46(44)55(48-47(60)35-15-13-14-16-45(35)61-48)40-29-38-39(53(11,12)24-23-52(38,9)10)30-42(40)59(43)34-18-19-36-37(28-34)51(7,8)22-21-50(36,5)6/h13-20,25-26,29-30,34,44H,21-24,27-28H2,1-12H3. The summed E-state index contributed by atoms with van der Waals surface area (Å²) in [5.41, 5.74) is 14.3. The number of rotatable bonds is 2. The molecule has 3 aromatic carbocycles. The molecule has 4 aliphatic carbocycles.